The molecule has 1 N–H and O–H groups in total. The second-order valence-corrected chi connectivity index (χ2v) is 6.92. The fraction of sp³-hybridized carbons (Fsp3) is 0.636. The van der Waals surface area contributed by atoms with Crippen LogP contribution in [0.3, 0.4) is 0 Å². The monoisotopic (exact) mass is 393 g/mol. The largest absolute Gasteiger partial charge is 0.493 e. The molecule has 0 bridgehead atoms. The Hall–Kier alpha value is -2.08. The minimum absolute atomic E-state index is 0.225. The van der Waals surface area contributed by atoms with Gasteiger partial charge in [0.25, 0.3) is 5.91 Å². The maximum Gasteiger partial charge on any atom is 0.341 e. The summed E-state index contributed by atoms with van der Waals surface area (Å²) in [4.78, 5) is 25.2. The van der Waals surface area contributed by atoms with Gasteiger partial charge in [-0.25, -0.2) is 4.79 Å². The van der Waals surface area contributed by atoms with Crippen molar-refractivity contribution in [2.45, 2.75) is 72.3 Å². The summed E-state index contributed by atoms with van der Waals surface area (Å²) in [6.07, 6.45) is 4.17. The molecule has 6 heteroatoms. The number of unbranched alkanes of at least 4 members (excludes halogenated alkanes) is 1. The minimum atomic E-state index is -0.912. The van der Waals surface area contributed by atoms with Crippen LogP contribution in [0, 0.1) is 0 Å². The van der Waals surface area contributed by atoms with Gasteiger partial charge in [0.2, 0.25) is 0 Å². The van der Waals surface area contributed by atoms with Crippen molar-refractivity contribution < 1.29 is 23.8 Å². The molecule has 0 aliphatic rings. The van der Waals surface area contributed by atoms with Crippen LogP contribution in [0.5, 0.6) is 5.75 Å². The Morgan fingerprint density at radius 3 is 2.39 bits per heavy atom. The van der Waals surface area contributed by atoms with Gasteiger partial charge in [0.15, 0.2) is 0 Å². The molecule has 6 nitrogen and oxygen atoms in total. The predicted molar refractivity (Wildman–Crippen MR) is 111 cm³/mol. The zero-order valence-electron chi connectivity index (χ0n) is 17.9. The van der Waals surface area contributed by atoms with Crippen molar-refractivity contribution in [1.29, 1.82) is 0 Å². The SMILES string of the molecule is CCCCOc1ccc(NC(=O)C(C)(CCC)OCCC)cc1C(=O)OCC. The standard InChI is InChI=1S/C22H35NO5/c1-6-10-15-27-19-12-11-17(16-18(19)20(24)26-9-4)23-21(25)22(5,13-7-2)28-14-8-3/h11-12,16H,6-10,13-15H2,1-5H3,(H,23,25). The molecule has 0 fully saturated rings. The van der Waals surface area contributed by atoms with Crippen molar-refractivity contribution in [2.75, 3.05) is 25.1 Å². The van der Waals surface area contributed by atoms with E-state index in [1.807, 2.05) is 13.8 Å². The van der Waals surface area contributed by atoms with E-state index < -0.39 is 11.6 Å². The molecule has 0 saturated heterocycles. The van der Waals surface area contributed by atoms with Crippen molar-refractivity contribution in [3.63, 3.8) is 0 Å². The Bertz CT molecular complexity index is 631. The molecule has 1 aromatic rings. The van der Waals surface area contributed by atoms with Crippen molar-refractivity contribution >= 4 is 17.6 Å². The lowest BCUT2D eigenvalue weighted by molar-refractivity contribution is -0.140. The second kappa shape index (κ2) is 12.4. The van der Waals surface area contributed by atoms with E-state index in [-0.39, 0.29) is 12.5 Å². The normalized spacial score (nSPS) is 12.9. The lowest BCUT2D eigenvalue weighted by atomic mass is 9.98. The summed E-state index contributed by atoms with van der Waals surface area (Å²) >= 11 is 0. The number of carbonyl (C=O) groups excluding carboxylic acids is 2. The zero-order chi connectivity index (χ0) is 21.0. The molecule has 1 atom stereocenters. The number of nitrogens with one attached hydrogen (secondary N) is 1. The van der Waals surface area contributed by atoms with Gasteiger partial charge in [0, 0.05) is 12.3 Å². The Labute approximate surface area is 168 Å². The Morgan fingerprint density at radius 2 is 1.79 bits per heavy atom. The van der Waals surface area contributed by atoms with Gasteiger partial charge in [-0.05, 0) is 51.3 Å². The van der Waals surface area contributed by atoms with Crippen molar-refractivity contribution in [3.05, 3.63) is 23.8 Å². The molecule has 0 aliphatic heterocycles. The van der Waals surface area contributed by atoms with Gasteiger partial charge in [-0.2, -0.15) is 0 Å². The molecule has 158 valence electrons. The van der Waals surface area contributed by atoms with Crippen LogP contribution in [0.25, 0.3) is 0 Å². The van der Waals surface area contributed by atoms with Gasteiger partial charge in [-0.1, -0.05) is 33.6 Å². The van der Waals surface area contributed by atoms with Gasteiger partial charge in [0.05, 0.1) is 13.2 Å². The Morgan fingerprint density at radius 1 is 1.04 bits per heavy atom. The fourth-order valence-electron chi connectivity index (χ4n) is 2.75. The summed E-state index contributed by atoms with van der Waals surface area (Å²) < 4.78 is 16.7. The van der Waals surface area contributed by atoms with E-state index in [1.165, 1.54) is 0 Å². The van der Waals surface area contributed by atoms with Crippen LogP contribution in [0.4, 0.5) is 5.69 Å². The highest BCUT2D eigenvalue weighted by atomic mass is 16.5. The smallest absolute Gasteiger partial charge is 0.341 e. The summed E-state index contributed by atoms with van der Waals surface area (Å²) in [6.45, 7) is 11.0. The van der Waals surface area contributed by atoms with Gasteiger partial charge < -0.3 is 19.5 Å². The third kappa shape index (κ3) is 7.15. The summed E-state index contributed by atoms with van der Waals surface area (Å²) in [5.74, 6) is -0.232. The molecule has 0 spiro atoms. The Balaban J connectivity index is 3.04. The van der Waals surface area contributed by atoms with Crippen LogP contribution in [-0.4, -0.2) is 37.3 Å². The number of esters is 1. The lowest BCUT2D eigenvalue weighted by Gasteiger charge is -2.28. The van der Waals surface area contributed by atoms with Crippen LogP contribution in [0.1, 0.15) is 77.1 Å². The molecule has 0 aromatic heterocycles. The zero-order valence-corrected chi connectivity index (χ0v) is 17.9. The lowest BCUT2D eigenvalue weighted by Crippen LogP contribution is -2.43. The molecule has 1 aromatic carbocycles. The van der Waals surface area contributed by atoms with Gasteiger partial charge in [0.1, 0.15) is 16.9 Å². The highest BCUT2D eigenvalue weighted by Crippen LogP contribution is 2.26. The summed E-state index contributed by atoms with van der Waals surface area (Å²) in [5.41, 5.74) is -0.0914. The molecule has 0 heterocycles. The highest BCUT2D eigenvalue weighted by molar-refractivity contribution is 5.99. The summed E-state index contributed by atoms with van der Waals surface area (Å²) in [7, 11) is 0. The van der Waals surface area contributed by atoms with Gasteiger partial charge in [-0.3, -0.25) is 4.79 Å². The number of hydrogen-bond acceptors (Lipinski definition) is 5. The maximum absolute atomic E-state index is 12.8. The number of hydrogen-bond donors (Lipinski definition) is 1. The van der Waals surface area contributed by atoms with E-state index in [1.54, 1.807) is 32.0 Å². The molecule has 1 amide bonds. The molecule has 1 rings (SSSR count). The molecule has 0 radical (unpaired) electrons. The first-order valence-corrected chi connectivity index (χ1v) is 10.3. The highest BCUT2D eigenvalue weighted by Gasteiger charge is 2.33. The van der Waals surface area contributed by atoms with E-state index >= 15 is 0 Å². The quantitative estimate of drug-likeness (QED) is 0.378. The third-order valence-corrected chi connectivity index (χ3v) is 4.32. The van der Waals surface area contributed by atoms with Crippen LogP contribution in [-0.2, 0) is 14.3 Å². The van der Waals surface area contributed by atoms with Crippen molar-refractivity contribution in [2.24, 2.45) is 0 Å². The van der Waals surface area contributed by atoms with Crippen LogP contribution in [0.15, 0.2) is 18.2 Å². The van der Waals surface area contributed by atoms with Crippen LogP contribution >= 0.6 is 0 Å². The van der Waals surface area contributed by atoms with E-state index in [9.17, 15) is 9.59 Å². The fourth-order valence-corrected chi connectivity index (χ4v) is 2.75. The number of rotatable bonds is 13. The molecule has 28 heavy (non-hydrogen) atoms. The molecule has 0 saturated carbocycles. The third-order valence-electron chi connectivity index (χ3n) is 4.32. The van der Waals surface area contributed by atoms with Crippen LogP contribution < -0.4 is 10.1 Å². The first-order valence-electron chi connectivity index (χ1n) is 10.3. The number of ether oxygens (including phenoxy) is 3. The Kier molecular flexibility index (Phi) is 10.6. The average molecular weight is 394 g/mol. The first kappa shape index (κ1) is 24.0. The number of benzene rings is 1. The average Bonchev–Trinajstić information content (AvgIpc) is 2.67. The maximum atomic E-state index is 12.8. The van der Waals surface area contributed by atoms with E-state index in [4.69, 9.17) is 14.2 Å². The second-order valence-electron chi connectivity index (χ2n) is 6.92. The summed E-state index contributed by atoms with van der Waals surface area (Å²) in [6, 6.07) is 5.03. The van der Waals surface area contributed by atoms with E-state index in [2.05, 4.69) is 12.2 Å². The molecular weight excluding hydrogens is 358 g/mol. The molecular formula is C22H35NO5. The van der Waals surface area contributed by atoms with Crippen LogP contribution in [0.2, 0.25) is 0 Å². The van der Waals surface area contributed by atoms with Crippen molar-refractivity contribution in [3.8, 4) is 5.75 Å². The molecule has 0 aliphatic carbocycles. The minimum Gasteiger partial charge on any atom is -0.493 e. The van der Waals surface area contributed by atoms with Crippen molar-refractivity contribution in [1.82, 2.24) is 0 Å². The topological polar surface area (TPSA) is 73.9 Å². The van der Waals surface area contributed by atoms with E-state index in [0.29, 0.717) is 36.6 Å². The van der Waals surface area contributed by atoms with Gasteiger partial charge >= 0.3 is 5.97 Å². The predicted octanol–water partition coefficient (Wildman–Crippen LogP) is 4.97. The summed E-state index contributed by atoms with van der Waals surface area (Å²) in [5, 5.41) is 2.88. The van der Waals surface area contributed by atoms with Gasteiger partial charge in [-0.15, -0.1) is 0 Å². The number of amides is 1. The molecule has 1 unspecified atom stereocenters. The number of anilines is 1. The number of carbonyl (C=O) groups is 2. The first-order chi connectivity index (χ1) is 13.4. The van der Waals surface area contributed by atoms with E-state index in [0.717, 1.165) is 25.7 Å².